The Bertz CT molecular complexity index is 982. The summed E-state index contributed by atoms with van der Waals surface area (Å²) in [5.41, 5.74) is -1.66. The minimum absolute atomic E-state index is 0.0551. The van der Waals surface area contributed by atoms with Gasteiger partial charge < -0.3 is 14.3 Å². The maximum Gasteiger partial charge on any atom is 0.417 e. The van der Waals surface area contributed by atoms with Gasteiger partial charge in [0.1, 0.15) is 6.10 Å². The molecule has 2 aliphatic rings. The Balaban J connectivity index is 1.45. The largest absolute Gasteiger partial charge is 0.490 e. The summed E-state index contributed by atoms with van der Waals surface area (Å²) < 4.78 is 89.5. The molecule has 1 unspecified atom stereocenters. The average molecular weight is 504 g/mol. The van der Waals surface area contributed by atoms with Crippen molar-refractivity contribution in [2.24, 2.45) is 0 Å². The Morgan fingerprint density at radius 3 is 2.14 bits per heavy atom. The third kappa shape index (κ3) is 6.12. The first-order valence-corrected chi connectivity index (χ1v) is 11.5. The van der Waals surface area contributed by atoms with Crippen molar-refractivity contribution in [2.45, 2.75) is 76.0 Å². The van der Waals surface area contributed by atoms with Crippen molar-refractivity contribution in [2.75, 3.05) is 6.61 Å². The lowest BCUT2D eigenvalue weighted by Gasteiger charge is -2.46. The highest BCUT2D eigenvalue weighted by molar-refractivity contribution is 5.44. The normalized spacial score (nSPS) is 23.1. The lowest BCUT2D eigenvalue weighted by atomic mass is 9.84. The Morgan fingerprint density at radius 2 is 1.57 bits per heavy atom. The molecule has 0 N–H and O–H groups in total. The van der Waals surface area contributed by atoms with E-state index < -0.39 is 23.5 Å². The zero-order chi connectivity index (χ0) is 25.2. The van der Waals surface area contributed by atoms with Gasteiger partial charge in [-0.1, -0.05) is 13.3 Å². The maximum absolute atomic E-state index is 13.2. The molecule has 3 heterocycles. The van der Waals surface area contributed by atoms with Gasteiger partial charge in [-0.15, -0.1) is 5.06 Å². The Kier molecular flexibility index (Phi) is 7.35. The van der Waals surface area contributed by atoms with Crippen molar-refractivity contribution in [3.63, 3.8) is 0 Å². The number of hydrogen-bond acceptors (Lipinski definition) is 5. The van der Waals surface area contributed by atoms with Crippen LogP contribution in [0.2, 0.25) is 0 Å². The predicted octanol–water partition coefficient (Wildman–Crippen LogP) is 6.67. The predicted molar refractivity (Wildman–Crippen MR) is 114 cm³/mol. The van der Waals surface area contributed by atoms with Crippen LogP contribution in [0.1, 0.15) is 56.6 Å². The van der Waals surface area contributed by atoms with Crippen LogP contribution in [0, 0.1) is 0 Å². The van der Waals surface area contributed by atoms with E-state index in [4.69, 9.17) is 14.3 Å². The van der Waals surface area contributed by atoms with Crippen LogP contribution in [0.3, 0.4) is 0 Å². The molecule has 0 saturated carbocycles. The van der Waals surface area contributed by atoms with Gasteiger partial charge in [0, 0.05) is 37.2 Å². The van der Waals surface area contributed by atoms with Crippen molar-refractivity contribution in [3.05, 3.63) is 47.7 Å². The molecule has 0 amide bonds. The lowest BCUT2D eigenvalue weighted by Crippen LogP contribution is -2.55. The fraction of sp³-hybridized carbons (Fsp3) is 0.542. The molecule has 2 bridgehead atoms. The molecule has 2 saturated heterocycles. The van der Waals surface area contributed by atoms with Gasteiger partial charge in [-0.05, 0) is 43.5 Å². The molecular weight excluding hydrogens is 478 g/mol. The monoisotopic (exact) mass is 504 g/mol. The standard InChI is InChI=1S/C24H26F6N2O3/c1-2-10-33-21-11-15(23(25,26)27)6-8-20(21)34-19-12-17-4-3-5-18(13-19)32(17)35-22-9-7-16(14-31-22)24(28,29)30/h6-9,11,14,17-19H,2-5,10,12-13H2,1H3/t17-,18+,19?. The molecule has 3 atom stereocenters. The quantitative estimate of drug-likeness (QED) is 0.394. The van der Waals surface area contributed by atoms with Crippen molar-refractivity contribution in [3.8, 4) is 17.4 Å². The van der Waals surface area contributed by atoms with Gasteiger partial charge in [-0.25, -0.2) is 4.98 Å². The smallest absolute Gasteiger partial charge is 0.417 e. The third-order valence-corrected chi connectivity index (χ3v) is 6.15. The van der Waals surface area contributed by atoms with Crippen LogP contribution in [0.15, 0.2) is 36.5 Å². The van der Waals surface area contributed by atoms with Gasteiger partial charge in [0.05, 0.1) is 17.7 Å². The number of hydroxylamine groups is 2. The lowest BCUT2D eigenvalue weighted by molar-refractivity contribution is -0.185. The van der Waals surface area contributed by atoms with Crippen LogP contribution in [0.25, 0.3) is 0 Å². The molecule has 4 rings (SSSR count). The first-order chi connectivity index (χ1) is 16.5. The minimum atomic E-state index is -4.49. The summed E-state index contributed by atoms with van der Waals surface area (Å²) in [7, 11) is 0. The molecule has 2 aliphatic heterocycles. The molecule has 2 fully saturated rings. The molecule has 1 aromatic carbocycles. The highest BCUT2D eigenvalue weighted by Crippen LogP contribution is 2.40. The Labute approximate surface area is 198 Å². The molecule has 2 aromatic rings. The number of rotatable bonds is 7. The number of alkyl halides is 6. The fourth-order valence-corrected chi connectivity index (χ4v) is 4.53. The summed E-state index contributed by atoms with van der Waals surface area (Å²) >= 11 is 0. The van der Waals surface area contributed by atoms with Crippen molar-refractivity contribution in [1.29, 1.82) is 0 Å². The van der Waals surface area contributed by atoms with Crippen LogP contribution in [-0.4, -0.2) is 34.8 Å². The molecule has 1 aromatic heterocycles. The molecule has 192 valence electrons. The second-order valence-corrected chi connectivity index (χ2v) is 8.79. The highest BCUT2D eigenvalue weighted by Gasteiger charge is 2.42. The van der Waals surface area contributed by atoms with Gasteiger partial charge >= 0.3 is 12.4 Å². The average Bonchev–Trinajstić information content (AvgIpc) is 2.78. The van der Waals surface area contributed by atoms with E-state index in [0.717, 1.165) is 43.7 Å². The molecular formula is C24H26F6N2O3. The van der Waals surface area contributed by atoms with Crippen LogP contribution >= 0.6 is 0 Å². The summed E-state index contributed by atoms with van der Waals surface area (Å²) in [6, 6.07) is 5.22. The fourth-order valence-electron chi connectivity index (χ4n) is 4.53. The zero-order valence-electron chi connectivity index (χ0n) is 19.0. The van der Waals surface area contributed by atoms with Gasteiger partial charge in [0.15, 0.2) is 11.5 Å². The second kappa shape index (κ2) is 10.1. The Morgan fingerprint density at radius 1 is 0.914 bits per heavy atom. The van der Waals surface area contributed by atoms with Gasteiger partial charge in [-0.2, -0.15) is 26.3 Å². The molecule has 5 nitrogen and oxygen atoms in total. The number of piperidine rings is 2. The van der Waals surface area contributed by atoms with Crippen molar-refractivity contribution < 1.29 is 40.7 Å². The zero-order valence-corrected chi connectivity index (χ0v) is 19.0. The minimum Gasteiger partial charge on any atom is -0.490 e. The van der Waals surface area contributed by atoms with Crippen LogP contribution in [0.5, 0.6) is 17.4 Å². The molecule has 35 heavy (non-hydrogen) atoms. The third-order valence-electron chi connectivity index (χ3n) is 6.15. The molecule has 0 aliphatic carbocycles. The summed E-state index contributed by atoms with van der Waals surface area (Å²) in [4.78, 5) is 9.67. The van der Waals surface area contributed by atoms with E-state index in [2.05, 4.69) is 4.98 Å². The molecule has 0 spiro atoms. The van der Waals surface area contributed by atoms with E-state index >= 15 is 0 Å². The SMILES string of the molecule is CCCOc1cc(C(F)(F)F)ccc1OC1C[C@H]2CCC[C@@H](C1)N2Oc1ccc(C(F)(F)F)cn1. The highest BCUT2D eigenvalue weighted by atomic mass is 19.4. The van der Waals surface area contributed by atoms with E-state index in [1.807, 2.05) is 6.92 Å². The van der Waals surface area contributed by atoms with Gasteiger partial charge in [0.2, 0.25) is 5.88 Å². The van der Waals surface area contributed by atoms with E-state index in [1.54, 1.807) is 5.06 Å². The number of aromatic nitrogens is 1. The summed E-state index contributed by atoms with van der Waals surface area (Å²) in [6.45, 7) is 2.12. The number of nitrogens with zero attached hydrogens (tertiary/aromatic N) is 2. The van der Waals surface area contributed by atoms with Gasteiger partial charge in [-0.3, -0.25) is 0 Å². The number of benzene rings is 1. The second-order valence-electron chi connectivity index (χ2n) is 8.79. The topological polar surface area (TPSA) is 43.8 Å². The van der Waals surface area contributed by atoms with Crippen molar-refractivity contribution >= 4 is 0 Å². The first kappa shape index (κ1) is 25.4. The summed E-state index contributed by atoms with van der Waals surface area (Å²) in [6.07, 6.45) is -4.22. The van der Waals surface area contributed by atoms with E-state index in [-0.39, 0.29) is 42.2 Å². The Hall–Kier alpha value is -2.69. The summed E-state index contributed by atoms with van der Waals surface area (Å²) in [5, 5.41) is 1.78. The first-order valence-electron chi connectivity index (χ1n) is 11.5. The van der Waals surface area contributed by atoms with Crippen LogP contribution < -0.4 is 14.3 Å². The van der Waals surface area contributed by atoms with Crippen LogP contribution in [0.4, 0.5) is 26.3 Å². The number of pyridine rings is 1. The van der Waals surface area contributed by atoms with E-state index in [9.17, 15) is 26.3 Å². The van der Waals surface area contributed by atoms with Crippen molar-refractivity contribution in [1.82, 2.24) is 10.0 Å². The number of hydrogen-bond donors (Lipinski definition) is 0. The molecule has 11 heteroatoms. The molecule has 0 radical (unpaired) electrons. The number of fused-ring (bicyclic) bond motifs is 2. The van der Waals surface area contributed by atoms with E-state index in [0.29, 0.717) is 19.3 Å². The number of ether oxygens (including phenoxy) is 2. The van der Waals surface area contributed by atoms with E-state index in [1.165, 1.54) is 12.1 Å². The number of halogens is 6. The van der Waals surface area contributed by atoms with Crippen LogP contribution in [-0.2, 0) is 12.4 Å². The summed E-state index contributed by atoms with van der Waals surface area (Å²) in [5.74, 6) is 0.389. The van der Waals surface area contributed by atoms with Gasteiger partial charge in [0.25, 0.3) is 0 Å². The maximum atomic E-state index is 13.2.